The van der Waals surface area contributed by atoms with Gasteiger partial charge >= 0.3 is 0 Å². The predicted molar refractivity (Wildman–Crippen MR) is 115 cm³/mol. The molecule has 0 spiro atoms. The average Bonchev–Trinajstić information content (AvgIpc) is 2.58. The monoisotopic (exact) mass is 468 g/mol. The molecule has 2 aromatic carbocycles. The molecule has 0 aromatic heterocycles. The number of benzene rings is 2. The van der Waals surface area contributed by atoms with E-state index in [0.29, 0.717) is 0 Å². The summed E-state index contributed by atoms with van der Waals surface area (Å²) in [5.41, 5.74) is 1.52. The first kappa shape index (κ1) is 19.9. The molecule has 0 aliphatic rings. The molecule has 4 heteroatoms. The van der Waals surface area contributed by atoms with Crippen LogP contribution >= 0.6 is 31.9 Å². The first-order valence-corrected chi connectivity index (χ1v) is 12.3. The van der Waals surface area contributed by atoms with Crippen LogP contribution in [0, 0.1) is 0 Å². The van der Waals surface area contributed by atoms with Crippen LogP contribution in [0.2, 0.25) is 0 Å². The molecule has 0 heterocycles. The van der Waals surface area contributed by atoms with Gasteiger partial charge < -0.3 is 4.43 Å². The maximum absolute atomic E-state index is 6.64. The van der Waals surface area contributed by atoms with Gasteiger partial charge in [-0.05, 0) is 27.8 Å². The van der Waals surface area contributed by atoms with E-state index in [1.807, 2.05) is 0 Å². The second-order valence-electron chi connectivity index (χ2n) is 7.06. The lowest BCUT2D eigenvalue weighted by Gasteiger charge is -2.25. The van der Waals surface area contributed by atoms with Gasteiger partial charge in [-0.15, -0.1) is 0 Å². The summed E-state index contributed by atoms with van der Waals surface area (Å²) in [6.45, 7) is 6.79. The molecule has 0 N–H and O–H groups in total. The van der Waals surface area contributed by atoms with Crippen molar-refractivity contribution in [2.24, 2.45) is 0 Å². The quantitative estimate of drug-likeness (QED) is 0.431. The van der Waals surface area contributed by atoms with E-state index >= 15 is 0 Å². The summed E-state index contributed by atoms with van der Waals surface area (Å²) in [5.74, 6) is 0. The van der Waals surface area contributed by atoms with Gasteiger partial charge in [0.2, 0.25) is 9.04 Å². The molecule has 0 aliphatic heterocycles. The number of hydrogen-bond acceptors (Lipinski definition) is 1. The minimum atomic E-state index is -1.71. The van der Waals surface area contributed by atoms with Crippen LogP contribution in [0.15, 0.2) is 54.6 Å². The number of rotatable bonds is 7. The van der Waals surface area contributed by atoms with Gasteiger partial charge in [-0.1, -0.05) is 107 Å². The lowest BCUT2D eigenvalue weighted by molar-refractivity contribution is 0.234. The van der Waals surface area contributed by atoms with Crippen LogP contribution in [-0.2, 0) is 9.84 Å². The van der Waals surface area contributed by atoms with Crippen molar-refractivity contribution in [3.8, 4) is 0 Å². The SMILES string of the molecule is CC(C)(C)c1cccc([SiH](OC(CBr)CCBr)c2ccccc2)c1. The molecule has 130 valence electrons. The Kier molecular flexibility index (Phi) is 7.73. The Morgan fingerprint density at radius 3 is 2.21 bits per heavy atom. The van der Waals surface area contributed by atoms with Gasteiger partial charge in [0.25, 0.3) is 0 Å². The molecule has 0 saturated heterocycles. The highest BCUT2D eigenvalue weighted by Crippen LogP contribution is 2.21. The predicted octanol–water partition coefficient (Wildman–Crippen LogP) is 4.39. The van der Waals surface area contributed by atoms with Gasteiger partial charge in [-0.25, -0.2) is 0 Å². The third-order valence-corrected chi connectivity index (χ3v) is 7.88. The van der Waals surface area contributed by atoms with Crippen LogP contribution in [0.3, 0.4) is 0 Å². The summed E-state index contributed by atoms with van der Waals surface area (Å²) in [6.07, 6.45) is 1.25. The largest absolute Gasteiger partial charge is 0.407 e. The van der Waals surface area contributed by atoms with E-state index in [1.165, 1.54) is 15.9 Å². The number of halogens is 2. The Morgan fingerprint density at radius 1 is 0.958 bits per heavy atom. The van der Waals surface area contributed by atoms with Gasteiger partial charge in [0.1, 0.15) is 0 Å². The topological polar surface area (TPSA) is 9.23 Å². The van der Waals surface area contributed by atoms with E-state index in [2.05, 4.69) is 107 Å². The molecule has 0 amide bonds. The minimum absolute atomic E-state index is 0.149. The van der Waals surface area contributed by atoms with Crippen molar-refractivity contribution in [3.05, 3.63) is 60.2 Å². The normalized spacial score (nSPS) is 14.4. The molecule has 24 heavy (non-hydrogen) atoms. The molecular weight excluding hydrogens is 444 g/mol. The van der Waals surface area contributed by atoms with E-state index < -0.39 is 9.04 Å². The molecule has 2 rings (SSSR count). The van der Waals surface area contributed by atoms with Crippen molar-refractivity contribution < 1.29 is 4.43 Å². The molecule has 0 fully saturated rings. The molecule has 0 bridgehead atoms. The highest BCUT2D eigenvalue weighted by molar-refractivity contribution is 9.09. The smallest absolute Gasteiger partial charge is 0.240 e. The summed E-state index contributed by atoms with van der Waals surface area (Å²) in [7, 11) is -1.71. The zero-order chi connectivity index (χ0) is 17.6. The molecular formula is C20H26Br2OSi. The van der Waals surface area contributed by atoms with Crippen LogP contribution in [0.5, 0.6) is 0 Å². The molecule has 0 saturated carbocycles. The molecule has 2 aromatic rings. The molecule has 2 atom stereocenters. The Morgan fingerprint density at radius 2 is 1.62 bits per heavy atom. The second kappa shape index (κ2) is 9.32. The third kappa shape index (κ3) is 5.55. The number of alkyl halides is 2. The van der Waals surface area contributed by atoms with Crippen LogP contribution < -0.4 is 10.4 Å². The van der Waals surface area contributed by atoms with Gasteiger partial charge in [-0.2, -0.15) is 0 Å². The van der Waals surface area contributed by atoms with E-state index in [1.54, 1.807) is 0 Å². The van der Waals surface area contributed by atoms with Crippen LogP contribution in [0.1, 0.15) is 32.8 Å². The van der Waals surface area contributed by atoms with Crippen LogP contribution in [0.25, 0.3) is 0 Å². The molecule has 0 radical (unpaired) electrons. The summed E-state index contributed by atoms with van der Waals surface area (Å²) < 4.78 is 6.64. The fourth-order valence-corrected chi connectivity index (χ4v) is 6.42. The Hall–Kier alpha value is -0.423. The first-order valence-electron chi connectivity index (χ1n) is 8.38. The first-order chi connectivity index (χ1) is 11.5. The standard InChI is InChI=1S/C20H26Br2OSi/c1-20(2,3)16-8-7-11-19(14-16)24(18-9-5-4-6-10-18)23-17(15-22)12-13-21/h4-11,14,17,24H,12-13,15H2,1-3H3. The van der Waals surface area contributed by atoms with E-state index in [9.17, 15) is 0 Å². The lowest BCUT2D eigenvalue weighted by Crippen LogP contribution is -2.48. The molecule has 1 nitrogen and oxygen atoms in total. The second-order valence-corrected chi connectivity index (χ2v) is 10.9. The molecule has 0 aliphatic carbocycles. The van der Waals surface area contributed by atoms with Crippen molar-refractivity contribution in [2.75, 3.05) is 10.7 Å². The fraction of sp³-hybridized carbons (Fsp3) is 0.400. The van der Waals surface area contributed by atoms with Gasteiger partial charge in [0.05, 0.1) is 6.10 Å². The summed E-state index contributed by atoms with van der Waals surface area (Å²) in [6, 6.07) is 19.7. The van der Waals surface area contributed by atoms with E-state index in [4.69, 9.17) is 4.43 Å². The highest BCUT2D eigenvalue weighted by atomic mass is 79.9. The summed E-state index contributed by atoms with van der Waals surface area (Å²) in [4.78, 5) is 0. The Balaban J connectivity index is 2.39. The van der Waals surface area contributed by atoms with Gasteiger partial charge in [0.15, 0.2) is 0 Å². The average molecular weight is 470 g/mol. The zero-order valence-electron chi connectivity index (χ0n) is 14.6. The van der Waals surface area contributed by atoms with Crippen molar-refractivity contribution in [1.82, 2.24) is 0 Å². The van der Waals surface area contributed by atoms with Crippen molar-refractivity contribution in [2.45, 2.75) is 38.7 Å². The zero-order valence-corrected chi connectivity index (χ0v) is 19.0. The third-order valence-electron chi connectivity index (χ3n) is 4.09. The van der Waals surface area contributed by atoms with Crippen molar-refractivity contribution in [1.29, 1.82) is 0 Å². The van der Waals surface area contributed by atoms with E-state index in [-0.39, 0.29) is 11.5 Å². The van der Waals surface area contributed by atoms with Crippen LogP contribution in [-0.4, -0.2) is 25.8 Å². The Bertz CT molecular complexity index is 625. The van der Waals surface area contributed by atoms with E-state index in [0.717, 1.165) is 17.1 Å². The van der Waals surface area contributed by atoms with Crippen LogP contribution in [0.4, 0.5) is 0 Å². The minimum Gasteiger partial charge on any atom is -0.407 e. The van der Waals surface area contributed by atoms with Gasteiger partial charge in [-0.3, -0.25) is 0 Å². The van der Waals surface area contributed by atoms with Crippen molar-refractivity contribution in [3.63, 3.8) is 0 Å². The van der Waals surface area contributed by atoms with Crippen molar-refractivity contribution >= 4 is 51.3 Å². The maximum atomic E-state index is 6.64. The fourth-order valence-electron chi connectivity index (χ4n) is 2.64. The number of hydrogen-bond donors (Lipinski definition) is 0. The maximum Gasteiger partial charge on any atom is 0.240 e. The highest BCUT2D eigenvalue weighted by Gasteiger charge is 2.23. The lowest BCUT2D eigenvalue weighted by atomic mass is 9.87. The summed E-state index contributed by atoms with van der Waals surface area (Å²) >= 11 is 7.16. The Labute approximate surface area is 164 Å². The summed E-state index contributed by atoms with van der Waals surface area (Å²) in [5, 5.41) is 4.52. The van der Waals surface area contributed by atoms with Gasteiger partial charge in [0, 0.05) is 10.7 Å². The molecule has 2 unspecified atom stereocenters.